The van der Waals surface area contributed by atoms with Crippen LogP contribution in [0, 0.1) is 0 Å². The van der Waals surface area contributed by atoms with Crippen LogP contribution in [0.15, 0.2) is 30.3 Å². The normalized spacial score (nSPS) is 17.7. The number of hydrogen-bond donors (Lipinski definition) is 5. The molecule has 0 fully saturated rings. The Bertz CT molecular complexity index is 344. The first-order valence-corrected chi connectivity index (χ1v) is 6.01. The Labute approximate surface area is 111 Å². The zero-order valence-corrected chi connectivity index (χ0v) is 10.5. The lowest BCUT2D eigenvalue weighted by Gasteiger charge is -2.29. The van der Waals surface area contributed by atoms with Gasteiger partial charge in [0, 0.05) is 0 Å². The molecule has 0 saturated carbocycles. The second-order valence-electron chi connectivity index (χ2n) is 4.25. The van der Waals surface area contributed by atoms with Gasteiger partial charge in [-0.15, -0.1) is 0 Å². The molecule has 0 heterocycles. The monoisotopic (exact) mass is 272 g/mol. The summed E-state index contributed by atoms with van der Waals surface area (Å²) >= 11 is 0. The van der Waals surface area contributed by atoms with Crippen LogP contribution in [0.5, 0.6) is 0 Å². The number of benzene rings is 1. The van der Waals surface area contributed by atoms with Gasteiger partial charge in [-0.3, -0.25) is 0 Å². The molecule has 19 heavy (non-hydrogen) atoms. The van der Waals surface area contributed by atoms with Gasteiger partial charge >= 0.3 is 0 Å². The molecule has 0 spiro atoms. The van der Waals surface area contributed by atoms with Crippen LogP contribution >= 0.6 is 0 Å². The Hall–Kier alpha value is -1.02. The van der Waals surface area contributed by atoms with Crippen LogP contribution in [0.1, 0.15) is 5.56 Å². The maximum absolute atomic E-state index is 9.75. The second-order valence-corrected chi connectivity index (χ2v) is 4.25. The average molecular weight is 272 g/mol. The number of ether oxygens (including phenoxy) is 1. The van der Waals surface area contributed by atoms with Crippen molar-refractivity contribution in [3.63, 3.8) is 0 Å². The molecule has 0 aliphatic carbocycles. The summed E-state index contributed by atoms with van der Waals surface area (Å²) in [6.45, 7) is -1.17. The first-order chi connectivity index (χ1) is 9.10. The van der Waals surface area contributed by atoms with Gasteiger partial charge < -0.3 is 30.3 Å². The zero-order valence-electron chi connectivity index (χ0n) is 10.5. The van der Waals surface area contributed by atoms with E-state index in [-0.39, 0.29) is 6.61 Å². The third kappa shape index (κ3) is 4.87. The molecule has 108 valence electrons. The van der Waals surface area contributed by atoms with Crippen molar-refractivity contribution in [2.24, 2.45) is 0 Å². The van der Waals surface area contributed by atoms with Crippen LogP contribution in [0.4, 0.5) is 0 Å². The van der Waals surface area contributed by atoms with Crippen molar-refractivity contribution in [3.8, 4) is 0 Å². The molecule has 1 rings (SSSR count). The summed E-state index contributed by atoms with van der Waals surface area (Å²) in [5, 5.41) is 46.4. The van der Waals surface area contributed by atoms with E-state index in [2.05, 4.69) is 0 Å². The summed E-state index contributed by atoms with van der Waals surface area (Å²) in [5.74, 6) is 0. The summed E-state index contributed by atoms with van der Waals surface area (Å²) in [5.41, 5.74) is 0.823. The maximum atomic E-state index is 9.75. The molecule has 0 aliphatic rings. The fraction of sp³-hybridized carbons (Fsp3) is 0.538. The van der Waals surface area contributed by atoms with E-state index in [0.29, 0.717) is 0 Å². The van der Waals surface area contributed by atoms with E-state index < -0.39 is 37.6 Å². The topological polar surface area (TPSA) is 110 Å². The van der Waals surface area contributed by atoms with Crippen LogP contribution < -0.4 is 0 Å². The van der Waals surface area contributed by atoms with E-state index in [9.17, 15) is 15.3 Å². The van der Waals surface area contributed by atoms with Crippen LogP contribution in [0.2, 0.25) is 0 Å². The van der Waals surface area contributed by atoms with Gasteiger partial charge in [-0.2, -0.15) is 0 Å². The smallest absolute Gasteiger partial charge is 0.115 e. The minimum atomic E-state index is -1.49. The van der Waals surface area contributed by atoms with Crippen molar-refractivity contribution in [2.45, 2.75) is 31.0 Å². The first-order valence-electron chi connectivity index (χ1n) is 6.01. The largest absolute Gasteiger partial charge is 0.394 e. The molecular weight excluding hydrogens is 252 g/mol. The molecule has 0 aromatic heterocycles. The van der Waals surface area contributed by atoms with Gasteiger partial charge in [0.05, 0.1) is 19.8 Å². The fourth-order valence-corrected chi connectivity index (χ4v) is 1.63. The highest BCUT2D eigenvalue weighted by Crippen LogP contribution is 2.12. The summed E-state index contributed by atoms with van der Waals surface area (Å²) < 4.78 is 5.33. The van der Waals surface area contributed by atoms with Gasteiger partial charge in [0.1, 0.15) is 24.4 Å². The predicted octanol–water partition coefficient (Wildman–Crippen LogP) is -1.36. The Morgan fingerprint density at radius 2 is 1.47 bits per heavy atom. The molecule has 1 aromatic carbocycles. The lowest BCUT2D eigenvalue weighted by molar-refractivity contribution is -0.153. The lowest BCUT2D eigenvalue weighted by Crippen LogP contribution is -2.48. The van der Waals surface area contributed by atoms with Gasteiger partial charge in [-0.25, -0.2) is 0 Å². The van der Waals surface area contributed by atoms with Crippen molar-refractivity contribution in [1.29, 1.82) is 0 Å². The Morgan fingerprint density at radius 3 is 2.00 bits per heavy atom. The van der Waals surface area contributed by atoms with E-state index in [1.807, 2.05) is 18.2 Å². The van der Waals surface area contributed by atoms with Crippen molar-refractivity contribution in [3.05, 3.63) is 35.9 Å². The highest BCUT2D eigenvalue weighted by atomic mass is 16.5. The fourth-order valence-electron chi connectivity index (χ4n) is 1.63. The number of aliphatic hydroxyl groups is 5. The molecule has 0 saturated heterocycles. The number of rotatable bonds is 8. The highest BCUT2D eigenvalue weighted by molar-refractivity contribution is 5.13. The van der Waals surface area contributed by atoms with E-state index >= 15 is 0 Å². The van der Waals surface area contributed by atoms with Gasteiger partial charge in [0.15, 0.2) is 0 Å². The van der Waals surface area contributed by atoms with Crippen LogP contribution in [-0.2, 0) is 11.3 Å². The van der Waals surface area contributed by atoms with E-state index in [0.717, 1.165) is 5.56 Å². The van der Waals surface area contributed by atoms with Crippen molar-refractivity contribution in [1.82, 2.24) is 0 Å². The molecule has 5 N–H and O–H groups in total. The van der Waals surface area contributed by atoms with Crippen LogP contribution in [0.25, 0.3) is 0 Å². The van der Waals surface area contributed by atoms with Gasteiger partial charge in [-0.1, -0.05) is 30.3 Å². The van der Waals surface area contributed by atoms with Gasteiger partial charge in [0.2, 0.25) is 0 Å². The van der Waals surface area contributed by atoms with E-state index in [1.54, 1.807) is 12.1 Å². The summed E-state index contributed by atoms with van der Waals surface area (Å²) in [7, 11) is 0. The summed E-state index contributed by atoms with van der Waals surface area (Å²) in [6, 6.07) is 9.08. The van der Waals surface area contributed by atoms with Crippen molar-refractivity contribution in [2.75, 3.05) is 13.2 Å². The maximum Gasteiger partial charge on any atom is 0.115 e. The van der Waals surface area contributed by atoms with Crippen molar-refractivity contribution < 1.29 is 30.3 Å². The first kappa shape index (κ1) is 16.0. The molecule has 4 atom stereocenters. The molecule has 6 nitrogen and oxygen atoms in total. The molecular formula is C13H20O6. The SMILES string of the molecule is OC[C@@H](O)[C@@H](O)[C@@H](OCc1ccccc1)[C@@H](O)CO. The Balaban J connectivity index is 2.64. The molecule has 1 aromatic rings. The van der Waals surface area contributed by atoms with Crippen LogP contribution in [-0.4, -0.2) is 63.2 Å². The predicted molar refractivity (Wildman–Crippen MR) is 67.2 cm³/mol. The molecule has 0 aliphatic heterocycles. The second kappa shape index (κ2) is 8.21. The van der Waals surface area contributed by atoms with Crippen molar-refractivity contribution >= 4 is 0 Å². The summed E-state index contributed by atoms with van der Waals surface area (Å²) in [4.78, 5) is 0. The van der Waals surface area contributed by atoms with E-state index in [1.165, 1.54) is 0 Å². The van der Waals surface area contributed by atoms with Crippen LogP contribution in [0.3, 0.4) is 0 Å². The molecule has 0 radical (unpaired) electrons. The Morgan fingerprint density at radius 1 is 0.895 bits per heavy atom. The highest BCUT2D eigenvalue weighted by Gasteiger charge is 2.32. The minimum Gasteiger partial charge on any atom is -0.394 e. The quantitative estimate of drug-likeness (QED) is 0.400. The average Bonchev–Trinajstić information content (AvgIpc) is 2.47. The number of hydrogen-bond acceptors (Lipinski definition) is 6. The standard InChI is InChI=1S/C13H20O6/c14-6-10(16)12(18)13(11(17)7-15)19-8-9-4-2-1-3-5-9/h1-5,10-18H,6-8H2/t10-,11+,12-,13+/m1/s1. The molecule has 0 amide bonds. The zero-order chi connectivity index (χ0) is 14.3. The lowest BCUT2D eigenvalue weighted by atomic mass is 10.0. The number of aliphatic hydroxyl groups excluding tert-OH is 5. The summed E-state index contributed by atoms with van der Waals surface area (Å²) in [6.07, 6.45) is -5.47. The molecule has 6 heteroatoms. The van der Waals surface area contributed by atoms with Gasteiger partial charge in [-0.05, 0) is 5.56 Å². The van der Waals surface area contributed by atoms with E-state index in [4.69, 9.17) is 14.9 Å². The molecule has 0 unspecified atom stereocenters. The van der Waals surface area contributed by atoms with Gasteiger partial charge in [0.25, 0.3) is 0 Å². The third-order valence-corrected chi connectivity index (χ3v) is 2.77. The Kier molecular flexibility index (Phi) is 6.93. The minimum absolute atomic E-state index is 0.109. The molecule has 0 bridgehead atoms. The third-order valence-electron chi connectivity index (χ3n) is 2.77.